The number of hydrazone groups is 1. The molecule has 0 aliphatic carbocycles. The van der Waals surface area contributed by atoms with Gasteiger partial charge in [0.2, 0.25) is 0 Å². The molecule has 104 valence electrons. The van der Waals surface area contributed by atoms with Crippen molar-refractivity contribution in [3.05, 3.63) is 0 Å². The fourth-order valence-electron chi connectivity index (χ4n) is 2.48. The molecule has 1 fully saturated rings. The van der Waals surface area contributed by atoms with Gasteiger partial charge in [-0.05, 0) is 0 Å². The second kappa shape index (κ2) is 4.51. The van der Waals surface area contributed by atoms with Crippen molar-refractivity contribution in [2.75, 3.05) is 13.2 Å². The molecular formula is C10H14FN5O3. The summed E-state index contributed by atoms with van der Waals surface area (Å²) >= 11 is 0. The lowest BCUT2D eigenvalue weighted by molar-refractivity contribution is -0.0390. The molecular weight excluding hydrogens is 257 g/mol. The Morgan fingerprint density at radius 1 is 1.58 bits per heavy atom. The number of amidine groups is 2. The molecule has 0 bridgehead atoms. The van der Waals surface area contributed by atoms with Gasteiger partial charge in [0.15, 0.2) is 17.8 Å². The highest BCUT2D eigenvalue weighted by atomic mass is 19.1. The highest BCUT2D eigenvalue weighted by Crippen LogP contribution is 2.31. The summed E-state index contributed by atoms with van der Waals surface area (Å²) in [6, 6.07) is -0.499. The van der Waals surface area contributed by atoms with E-state index in [1.54, 1.807) is 0 Å². The van der Waals surface area contributed by atoms with E-state index in [9.17, 15) is 9.50 Å². The molecule has 9 heteroatoms. The van der Waals surface area contributed by atoms with E-state index in [1.165, 1.54) is 11.3 Å². The molecule has 0 amide bonds. The molecule has 0 aromatic heterocycles. The molecule has 1 saturated heterocycles. The Kier molecular flexibility index (Phi) is 2.96. The number of halogens is 1. The van der Waals surface area contributed by atoms with Crippen LogP contribution in [0.4, 0.5) is 4.39 Å². The molecule has 8 nitrogen and oxygen atoms in total. The fourth-order valence-corrected chi connectivity index (χ4v) is 2.48. The Labute approximate surface area is 108 Å². The highest BCUT2D eigenvalue weighted by Gasteiger charge is 2.51. The largest absolute Gasteiger partial charge is 0.394 e. The van der Waals surface area contributed by atoms with E-state index in [1.807, 2.05) is 0 Å². The van der Waals surface area contributed by atoms with Crippen molar-refractivity contribution in [2.24, 2.45) is 20.8 Å². The first-order valence-corrected chi connectivity index (χ1v) is 5.91. The lowest BCUT2D eigenvalue weighted by atomic mass is 10.0. The average Bonchev–Trinajstić information content (AvgIpc) is 2.94. The topological polar surface area (TPSA) is 116 Å². The van der Waals surface area contributed by atoms with Gasteiger partial charge in [-0.3, -0.25) is 4.99 Å². The quantitative estimate of drug-likeness (QED) is 0.529. The van der Waals surface area contributed by atoms with Crippen molar-refractivity contribution in [3.8, 4) is 0 Å². The van der Waals surface area contributed by atoms with Crippen LogP contribution in [0.15, 0.2) is 15.1 Å². The zero-order valence-corrected chi connectivity index (χ0v) is 9.93. The van der Waals surface area contributed by atoms with Gasteiger partial charge in [-0.1, -0.05) is 0 Å². The van der Waals surface area contributed by atoms with E-state index in [4.69, 9.17) is 15.6 Å². The van der Waals surface area contributed by atoms with Crippen LogP contribution in [0.25, 0.3) is 0 Å². The number of aliphatic imine (C=N–C) groups is 2. The smallest absolute Gasteiger partial charge is 0.188 e. The normalized spacial score (nSPS) is 41.2. The van der Waals surface area contributed by atoms with Gasteiger partial charge in [-0.2, -0.15) is 5.10 Å². The predicted octanol–water partition coefficient (Wildman–Crippen LogP) is -2.16. The predicted molar refractivity (Wildman–Crippen MR) is 64.7 cm³/mol. The van der Waals surface area contributed by atoms with Crippen molar-refractivity contribution in [3.63, 3.8) is 0 Å². The second-order valence-corrected chi connectivity index (χ2v) is 4.58. The standard InChI is InChI=1S/C10H14FN5O3/c11-6-7(18)5(2-17)19-8(6)4-1-13-10-9(12)14-3-15-16(4)10/h3-8,17-18H,1-2H2,(H2,12,14,15)/t4?,5-,6-,7-,8+/m1/s1. The molecule has 19 heavy (non-hydrogen) atoms. The first-order valence-electron chi connectivity index (χ1n) is 5.91. The number of hydrogen-bond acceptors (Lipinski definition) is 8. The summed E-state index contributed by atoms with van der Waals surface area (Å²) in [5.74, 6) is 0.593. The third kappa shape index (κ3) is 1.81. The van der Waals surface area contributed by atoms with Crippen LogP contribution in [-0.4, -0.2) is 76.9 Å². The van der Waals surface area contributed by atoms with E-state index >= 15 is 0 Å². The van der Waals surface area contributed by atoms with E-state index in [2.05, 4.69) is 15.1 Å². The van der Waals surface area contributed by atoms with Gasteiger partial charge in [0.25, 0.3) is 0 Å². The molecule has 3 heterocycles. The number of nitrogens with two attached hydrogens (primary N) is 1. The summed E-state index contributed by atoms with van der Waals surface area (Å²) in [6.45, 7) is -0.190. The highest BCUT2D eigenvalue weighted by molar-refractivity contribution is 6.41. The molecule has 3 rings (SSSR count). The maximum absolute atomic E-state index is 14.0. The molecule has 1 unspecified atom stereocenters. The van der Waals surface area contributed by atoms with Crippen LogP contribution >= 0.6 is 0 Å². The third-order valence-electron chi connectivity index (χ3n) is 3.47. The first-order chi connectivity index (χ1) is 9.13. The van der Waals surface area contributed by atoms with Crippen molar-refractivity contribution in [2.45, 2.75) is 30.5 Å². The van der Waals surface area contributed by atoms with Gasteiger partial charge in [0.05, 0.1) is 13.2 Å². The van der Waals surface area contributed by atoms with Crippen LogP contribution in [0, 0.1) is 0 Å². The van der Waals surface area contributed by atoms with Gasteiger partial charge in [-0.25, -0.2) is 14.4 Å². The van der Waals surface area contributed by atoms with Crippen LogP contribution in [0.3, 0.4) is 0 Å². The van der Waals surface area contributed by atoms with Gasteiger partial charge in [0, 0.05) is 0 Å². The summed E-state index contributed by atoms with van der Waals surface area (Å²) < 4.78 is 19.4. The number of hydrogen-bond donors (Lipinski definition) is 3. The minimum Gasteiger partial charge on any atom is -0.394 e. The van der Waals surface area contributed by atoms with Crippen molar-refractivity contribution in [1.29, 1.82) is 0 Å². The van der Waals surface area contributed by atoms with Gasteiger partial charge >= 0.3 is 0 Å². The molecule has 4 N–H and O–H groups in total. The van der Waals surface area contributed by atoms with Crippen LogP contribution in [0.5, 0.6) is 0 Å². The molecule has 3 aliphatic heterocycles. The van der Waals surface area contributed by atoms with E-state index in [0.717, 1.165) is 0 Å². The van der Waals surface area contributed by atoms with Crippen molar-refractivity contribution in [1.82, 2.24) is 5.01 Å². The van der Waals surface area contributed by atoms with Gasteiger partial charge in [0.1, 0.15) is 30.7 Å². The molecule has 0 aromatic carbocycles. The lowest BCUT2D eigenvalue weighted by Crippen LogP contribution is -2.49. The number of fused-ring (bicyclic) bond motifs is 1. The van der Waals surface area contributed by atoms with Gasteiger partial charge in [-0.15, -0.1) is 0 Å². The molecule has 0 saturated carbocycles. The van der Waals surface area contributed by atoms with E-state index < -0.39 is 37.1 Å². The summed E-state index contributed by atoms with van der Waals surface area (Å²) in [4.78, 5) is 7.96. The summed E-state index contributed by atoms with van der Waals surface area (Å²) in [6.07, 6.45) is -3.54. The Bertz CT molecular complexity index is 468. The van der Waals surface area contributed by atoms with E-state index in [-0.39, 0.29) is 12.4 Å². The molecule has 0 aromatic rings. The van der Waals surface area contributed by atoms with E-state index in [0.29, 0.717) is 5.84 Å². The minimum atomic E-state index is -1.60. The first kappa shape index (κ1) is 12.5. The Balaban J connectivity index is 1.79. The molecule has 3 aliphatic rings. The Hall–Kier alpha value is -1.58. The Morgan fingerprint density at radius 3 is 3.05 bits per heavy atom. The molecule has 5 atom stereocenters. The Morgan fingerprint density at radius 2 is 2.37 bits per heavy atom. The number of nitrogens with zero attached hydrogens (tertiary/aromatic N) is 4. The molecule has 0 radical (unpaired) electrons. The summed E-state index contributed by atoms with van der Waals surface area (Å²) in [5, 5.41) is 24.1. The third-order valence-corrected chi connectivity index (χ3v) is 3.47. The zero-order valence-electron chi connectivity index (χ0n) is 9.93. The number of aliphatic hydroxyl groups is 2. The maximum Gasteiger partial charge on any atom is 0.188 e. The van der Waals surface area contributed by atoms with Crippen LogP contribution in [0.2, 0.25) is 0 Å². The number of aliphatic hydroxyl groups excluding tert-OH is 2. The number of ether oxygens (including phenoxy) is 1. The van der Waals surface area contributed by atoms with Gasteiger partial charge < -0.3 is 20.7 Å². The fraction of sp³-hybridized carbons (Fsp3) is 0.700. The lowest BCUT2D eigenvalue weighted by Gasteiger charge is -2.28. The SMILES string of the molecule is NC1=NC=NN2C1=NCC2[C@@H]1O[C@H](CO)[C@@H](O)[C@H]1F. The molecule has 0 spiro atoms. The minimum absolute atomic E-state index is 0.213. The average molecular weight is 271 g/mol. The van der Waals surface area contributed by atoms with Crippen LogP contribution < -0.4 is 5.73 Å². The maximum atomic E-state index is 14.0. The van der Waals surface area contributed by atoms with Crippen LogP contribution in [-0.2, 0) is 4.74 Å². The van der Waals surface area contributed by atoms with Crippen molar-refractivity contribution >= 4 is 18.0 Å². The van der Waals surface area contributed by atoms with Crippen molar-refractivity contribution < 1.29 is 19.3 Å². The second-order valence-electron chi connectivity index (χ2n) is 4.58. The summed E-state index contributed by atoms with van der Waals surface area (Å²) in [5.41, 5.74) is 5.66. The monoisotopic (exact) mass is 271 g/mol. The zero-order chi connectivity index (χ0) is 13.6. The number of alkyl halides is 1. The summed E-state index contributed by atoms with van der Waals surface area (Å²) in [7, 11) is 0. The number of rotatable bonds is 2. The van der Waals surface area contributed by atoms with Crippen LogP contribution in [0.1, 0.15) is 0 Å².